The van der Waals surface area contributed by atoms with Gasteiger partial charge in [-0.15, -0.1) is 11.3 Å². The van der Waals surface area contributed by atoms with Crippen LogP contribution in [-0.4, -0.2) is 48.7 Å². The molecule has 4 heterocycles. The quantitative estimate of drug-likeness (QED) is 0.458. The van der Waals surface area contributed by atoms with Crippen LogP contribution in [0.3, 0.4) is 0 Å². The molecule has 0 unspecified atom stereocenters. The summed E-state index contributed by atoms with van der Waals surface area (Å²) in [6.07, 6.45) is 0.591. The fourth-order valence-corrected chi connectivity index (χ4v) is 5.29. The highest BCUT2D eigenvalue weighted by Crippen LogP contribution is 2.39. The molecule has 0 radical (unpaired) electrons. The Balaban J connectivity index is 1.34. The summed E-state index contributed by atoms with van der Waals surface area (Å²) in [5.74, 6) is 2.82. The fourth-order valence-electron chi connectivity index (χ4n) is 4.03. The minimum absolute atomic E-state index is 0.166. The maximum Gasteiger partial charge on any atom is 0.508 e. The lowest BCUT2D eigenvalue weighted by Gasteiger charge is -2.31. The lowest BCUT2D eigenvalue weighted by molar-refractivity contribution is 0.0183. The molecule has 0 aliphatic carbocycles. The first kappa shape index (κ1) is 22.8. The third-order valence-electron chi connectivity index (χ3n) is 5.79. The van der Waals surface area contributed by atoms with Crippen molar-refractivity contribution in [3.63, 3.8) is 0 Å². The van der Waals surface area contributed by atoms with E-state index in [0.717, 1.165) is 32.2 Å². The van der Waals surface area contributed by atoms with Crippen LogP contribution in [-0.2, 0) is 16.0 Å². The number of carbonyl (C=O) groups excluding carboxylic acids is 1. The molecule has 1 N–H and O–H groups in total. The van der Waals surface area contributed by atoms with E-state index in [1.807, 2.05) is 25.1 Å². The number of hydrogen-bond acceptors (Lipinski definition) is 10. The molecule has 1 fully saturated rings. The van der Waals surface area contributed by atoms with Crippen LogP contribution < -0.4 is 19.7 Å². The predicted octanol–water partition coefficient (Wildman–Crippen LogP) is 5.14. The summed E-state index contributed by atoms with van der Waals surface area (Å²) >= 11 is 8.17. The molecule has 0 spiro atoms. The number of halogens is 1. The number of anilines is 2. The highest BCUT2D eigenvalue weighted by Gasteiger charge is 2.26. The summed E-state index contributed by atoms with van der Waals surface area (Å²) in [5, 5.41) is 4.94. The summed E-state index contributed by atoms with van der Waals surface area (Å²) in [5.41, 5.74) is 1.04. The molecular weight excluding hydrogens is 480 g/mol. The van der Waals surface area contributed by atoms with Gasteiger partial charge in [-0.3, -0.25) is 0 Å². The van der Waals surface area contributed by atoms with E-state index < -0.39 is 6.16 Å². The van der Waals surface area contributed by atoms with Crippen LogP contribution in [0, 0.1) is 6.92 Å². The molecule has 5 rings (SSSR count). The molecule has 0 bridgehead atoms. The second-order valence-corrected chi connectivity index (χ2v) is 9.63. The Kier molecular flexibility index (Phi) is 6.51. The second kappa shape index (κ2) is 9.71. The normalized spacial score (nSPS) is 15.6. The minimum atomic E-state index is -0.614. The van der Waals surface area contributed by atoms with Gasteiger partial charge in [0.05, 0.1) is 17.0 Å². The van der Waals surface area contributed by atoms with Gasteiger partial charge in [0.25, 0.3) is 0 Å². The van der Waals surface area contributed by atoms with Crippen LogP contribution in [0.1, 0.15) is 30.2 Å². The third kappa shape index (κ3) is 4.65. The van der Waals surface area contributed by atoms with E-state index in [9.17, 15) is 4.79 Å². The third-order valence-corrected chi connectivity index (χ3v) is 7.37. The predicted molar refractivity (Wildman–Crippen MR) is 130 cm³/mol. The van der Waals surface area contributed by atoms with Crippen LogP contribution in [0.4, 0.5) is 16.6 Å². The van der Waals surface area contributed by atoms with Gasteiger partial charge in [0, 0.05) is 37.4 Å². The first-order valence-corrected chi connectivity index (χ1v) is 12.4. The van der Waals surface area contributed by atoms with E-state index in [1.54, 1.807) is 18.3 Å². The van der Waals surface area contributed by atoms with Crippen molar-refractivity contribution >= 4 is 51.1 Å². The number of nitrogens with one attached hydrogen (secondary N) is 1. The van der Waals surface area contributed by atoms with E-state index in [0.29, 0.717) is 55.9 Å². The standard InChI is InChI=1S/C23H25ClN4O5S/c1-3-30-23(29)33-15-6-8-28(9-7-15)22-26-20(18-19(24)13(2)34-21(18)27-22)25-11-14-4-5-16-17(10-14)32-12-31-16/h4-5,10,15H,3,6-9,11-12H2,1-2H3,(H,25,26,27). The van der Waals surface area contributed by atoms with E-state index >= 15 is 0 Å². The zero-order chi connectivity index (χ0) is 23.7. The number of nitrogens with zero attached hydrogens (tertiary/aromatic N) is 3. The summed E-state index contributed by atoms with van der Waals surface area (Å²) < 4.78 is 21.1. The Morgan fingerprint density at radius 3 is 2.85 bits per heavy atom. The molecule has 3 aromatic rings. The lowest BCUT2D eigenvalue weighted by atomic mass is 10.1. The van der Waals surface area contributed by atoms with Gasteiger partial charge in [0.1, 0.15) is 16.8 Å². The molecule has 0 atom stereocenters. The van der Waals surface area contributed by atoms with Gasteiger partial charge in [0.15, 0.2) is 11.5 Å². The van der Waals surface area contributed by atoms with Gasteiger partial charge in [0.2, 0.25) is 12.7 Å². The van der Waals surface area contributed by atoms with Crippen LogP contribution in [0.15, 0.2) is 18.2 Å². The van der Waals surface area contributed by atoms with Gasteiger partial charge >= 0.3 is 6.16 Å². The van der Waals surface area contributed by atoms with Crippen molar-refractivity contribution in [2.45, 2.75) is 39.3 Å². The smallest absolute Gasteiger partial charge is 0.454 e. The van der Waals surface area contributed by atoms with Crippen molar-refractivity contribution < 1.29 is 23.7 Å². The molecule has 2 aliphatic rings. The molecule has 34 heavy (non-hydrogen) atoms. The number of hydrogen-bond donors (Lipinski definition) is 1. The van der Waals surface area contributed by atoms with E-state index in [1.165, 1.54) is 0 Å². The molecule has 1 aromatic carbocycles. The Labute approximate surface area is 205 Å². The first-order valence-electron chi connectivity index (χ1n) is 11.2. The highest BCUT2D eigenvalue weighted by atomic mass is 35.5. The number of piperidine rings is 1. The zero-order valence-electron chi connectivity index (χ0n) is 18.9. The van der Waals surface area contributed by atoms with E-state index in [2.05, 4.69) is 10.2 Å². The maximum absolute atomic E-state index is 11.6. The Hall–Kier alpha value is -2.98. The average Bonchev–Trinajstić information content (AvgIpc) is 3.41. The van der Waals surface area contributed by atoms with Crippen LogP contribution in [0.5, 0.6) is 11.5 Å². The Bertz CT molecular complexity index is 1210. The first-order chi connectivity index (χ1) is 16.5. The molecule has 2 aliphatic heterocycles. The number of fused-ring (bicyclic) bond motifs is 2. The van der Waals surface area contributed by atoms with Crippen LogP contribution in [0.25, 0.3) is 10.2 Å². The van der Waals surface area contributed by atoms with Crippen LogP contribution >= 0.6 is 22.9 Å². The van der Waals surface area contributed by atoms with Gasteiger partial charge < -0.3 is 29.2 Å². The van der Waals surface area contributed by atoms with Crippen molar-refractivity contribution in [2.24, 2.45) is 0 Å². The topological polar surface area (TPSA) is 95.0 Å². The largest absolute Gasteiger partial charge is 0.508 e. The van der Waals surface area contributed by atoms with Gasteiger partial charge in [-0.05, 0) is 31.5 Å². The van der Waals surface area contributed by atoms with E-state index in [-0.39, 0.29) is 12.9 Å². The monoisotopic (exact) mass is 504 g/mol. The van der Waals surface area contributed by atoms with Crippen molar-refractivity contribution in [2.75, 3.05) is 36.7 Å². The fraction of sp³-hybridized carbons (Fsp3) is 0.435. The van der Waals surface area contributed by atoms with Gasteiger partial charge in [-0.1, -0.05) is 17.7 Å². The number of aryl methyl sites for hydroxylation is 1. The SMILES string of the molecule is CCOC(=O)OC1CCN(c2nc(NCc3ccc4c(c3)OCO4)c3c(Cl)c(C)sc3n2)CC1. The molecule has 2 aromatic heterocycles. The van der Waals surface area contributed by atoms with Gasteiger partial charge in [-0.2, -0.15) is 4.98 Å². The molecule has 1 saturated heterocycles. The number of thiophene rings is 1. The second-order valence-electron chi connectivity index (χ2n) is 8.05. The number of carbonyl (C=O) groups is 1. The number of ether oxygens (including phenoxy) is 4. The molecular formula is C23H25ClN4O5S. The molecule has 11 heteroatoms. The minimum Gasteiger partial charge on any atom is -0.454 e. The zero-order valence-corrected chi connectivity index (χ0v) is 20.5. The number of aromatic nitrogens is 2. The summed E-state index contributed by atoms with van der Waals surface area (Å²) in [7, 11) is 0. The molecule has 180 valence electrons. The molecule has 0 saturated carbocycles. The summed E-state index contributed by atoms with van der Waals surface area (Å²) in [6, 6.07) is 5.86. The maximum atomic E-state index is 11.6. The summed E-state index contributed by atoms with van der Waals surface area (Å²) in [4.78, 5) is 25.2. The molecule has 0 amide bonds. The van der Waals surface area contributed by atoms with Crippen molar-refractivity contribution in [3.05, 3.63) is 33.7 Å². The van der Waals surface area contributed by atoms with Gasteiger partial charge in [-0.25, -0.2) is 9.78 Å². The number of rotatable bonds is 6. The lowest BCUT2D eigenvalue weighted by Crippen LogP contribution is -2.39. The summed E-state index contributed by atoms with van der Waals surface area (Å²) in [6.45, 7) is 6.18. The van der Waals surface area contributed by atoms with Crippen molar-refractivity contribution in [3.8, 4) is 11.5 Å². The highest BCUT2D eigenvalue weighted by molar-refractivity contribution is 7.19. The van der Waals surface area contributed by atoms with Crippen molar-refractivity contribution in [1.82, 2.24) is 9.97 Å². The Morgan fingerprint density at radius 2 is 2.06 bits per heavy atom. The average molecular weight is 505 g/mol. The Morgan fingerprint density at radius 1 is 1.26 bits per heavy atom. The van der Waals surface area contributed by atoms with Crippen molar-refractivity contribution in [1.29, 1.82) is 0 Å². The van der Waals surface area contributed by atoms with Crippen LogP contribution in [0.2, 0.25) is 5.02 Å². The number of benzene rings is 1. The van der Waals surface area contributed by atoms with E-state index in [4.69, 9.17) is 40.5 Å². The molecule has 9 nitrogen and oxygen atoms in total.